The van der Waals surface area contributed by atoms with Crippen molar-refractivity contribution in [2.24, 2.45) is 11.8 Å². The van der Waals surface area contributed by atoms with E-state index in [2.05, 4.69) is 18.5 Å². The van der Waals surface area contributed by atoms with Crippen LogP contribution in [-0.4, -0.2) is 77.2 Å². The van der Waals surface area contributed by atoms with Crippen molar-refractivity contribution in [1.29, 1.82) is 0 Å². The Kier molecular flexibility index (Phi) is 9.99. The lowest BCUT2D eigenvalue weighted by atomic mass is 9.70. The fourth-order valence-electron chi connectivity index (χ4n) is 7.93. The molecular formula is C39H43N3O7. The highest BCUT2D eigenvalue weighted by Crippen LogP contribution is 2.59. The SMILES string of the molecule is C=CCCC(=O)N[C@H](C)[C@@H](OC(=O)[C@@H]1[C@H]2C(=O)N(CCO)[C@H](C(=O)N(CC=C)c3ccc4ccccc4c3)[C@]23CC[C@H]1O3)c1ccccc1. The summed E-state index contributed by atoms with van der Waals surface area (Å²) < 4.78 is 12.8. The molecule has 0 saturated carbocycles. The molecule has 3 heterocycles. The van der Waals surface area contributed by atoms with Crippen molar-refractivity contribution in [2.45, 2.75) is 62.5 Å². The molecule has 3 aromatic carbocycles. The summed E-state index contributed by atoms with van der Waals surface area (Å²) in [5, 5.41) is 15.0. The van der Waals surface area contributed by atoms with Gasteiger partial charge >= 0.3 is 5.97 Å². The van der Waals surface area contributed by atoms with Crippen LogP contribution in [-0.2, 0) is 28.7 Å². The monoisotopic (exact) mass is 665 g/mol. The Balaban J connectivity index is 1.31. The van der Waals surface area contributed by atoms with Crippen LogP contribution in [0.3, 0.4) is 0 Å². The Bertz CT molecular complexity index is 1740. The highest BCUT2D eigenvalue weighted by molar-refractivity contribution is 6.05. The number of β-amino-alcohol motifs (C(OH)–C–C–N with tert-alkyl or cyclic N) is 1. The van der Waals surface area contributed by atoms with Crippen molar-refractivity contribution in [2.75, 3.05) is 24.6 Å². The number of ether oxygens (including phenoxy) is 2. The van der Waals surface area contributed by atoms with Crippen LogP contribution >= 0.6 is 0 Å². The minimum absolute atomic E-state index is 0.0939. The highest BCUT2D eigenvalue weighted by Gasteiger charge is 2.75. The number of carbonyl (C=O) groups excluding carboxylic acids is 4. The predicted molar refractivity (Wildman–Crippen MR) is 185 cm³/mol. The molecular weight excluding hydrogens is 622 g/mol. The van der Waals surface area contributed by atoms with Crippen molar-refractivity contribution in [3.63, 3.8) is 0 Å². The first-order valence-electron chi connectivity index (χ1n) is 16.9. The number of likely N-dealkylation sites (tertiary alicyclic amines) is 1. The van der Waals surface area contributed by atoms with Crippen molar-refractivity contribution >= 4 is 40.2 Å². The maximum absolute atomic E-state index is 14.7. The van der Waals surface area contributed by atoms with Crippen molar-refractivity contribution < 1.29 is 33.8 Å². The summed E-state index contributed by atoms with van der Waals surface area (Å²) in [5.41, 5.74) is 0.0493. The minimum Gasteiger partial charge on any atom is -0.455 e. The van der Waals surface area contributed by atoms with E-state index in [1.165, 1.54) is 4.90 Å². The number of aliphatic hydroxyl groups is 1. The van der Waals surface area contributed by atoms with Gasteiger partial charge in [-0.25, -0.2) is 0 Å². The minimum atomic E-state index is -1.28. The number of nitrogens with zero attached hydrogens (tertiary/aromatic N) is 2. The number of allylic oxidation sites excluding steroid dienone is 1. The molecule has 7 atom stereocenters. The van der Waals surface area contributed by atoms with Crippen LogP contribution < -0.4 is 10.2 Å². The van der Waals surface area contributed by atoms with Gasteiger partial charge in [0.1, 0.15) is 17.7 Å². The van der Waals surface area contributed by atoms with Crippen LogP contribution in [0.15, 0.2) is 98.1 Å². The van der Waals surface area contributed by atoms with E-state index < -0.39 is 53.6 Å². The normalized spacial score (nSPS) is 25.0. The molecule has 3 aliphatic heterocycles. The number of rotatable bonds is 14. The summed E-state index contributed by atoms with van der Waals surface area (Å²) in [6.45, 7) is 9.04. The van der Waals surface area contributed by atoms with E-state index in [-0.39, 0.29) is 37.9 Å². The number of anilines is 1. The zero-order valence-corrected chi connectivity index (χ0v) is 27.7. The second kappa shape index (κ2) is 14.4. The highest BCUT2D eigenvalue weighted by atomic mass is 16.6. The third-order valence-electron chi connectivity index (χ3n) is 10.1. The third-order valence-corrected chi connectivity index (χ3v) is 10.1. The van der Waals surface area contributed by atoms with Gasteiger partial charge in [-0.15, -0.1) is 13.2 Å². The Morgan fingerprint density at radius 1 is 1.08 bits per heavy atom. The number of nitrogens with one attached hydrogen (secondary N) is 1. The summed E-state index contributed by atoms with van der Waals surface area (Å²) in [6, 6.07) is 21.1. The van der Waals surface area contributed by atoms with Crippen LogP contribution in [0.4, 0.5) is 5.69 Å². The molecule has 3 fully saturated rings. The molecule has 2 N–H and O–H groups in total. The lowest BCUT2D eigenvalue weighted by molar-refractivity contribution is -0.162. The van der Waals surface area contributed by atoms with Gasteiger partial charge in [-0.05, 0) is 54.7 Å². The average molecular weight is 666 g/mol. The summed E-state index contributed by atoms with van der Waals surface area (Å²) >= 11 is 0. The van der Waals surface area contributed by atoms with E-state index in [4.69, 9.17) is 9.47 Å². The van der Waals surface area contributed by atoms with Crippen molar-refractivity contribution in [3.05, 3.63) is 104 Å². The zero-order chi connectivity index (χ0) is 34.7. The fraction of sp³-hybridized carbons (Fsp3) is 0.385. The van der Waals surface area contributed by atoms with Crippen LogP contribution in [0.1, 0.15) is 44.3 Å². The summed E-state index contributed by atoms with van der Waals surface area (Å²) in [5.74, 6) is -3.56. The van der Waals surface area contributed by atoms with E-state index in [1.54, 1.807) is 24.0 Å². The molecule has 0 aliphatic carbocycles. The lowest BCUT2D eigenvalue weighted by Crippen LogP contribution is -2.56. The Hall–Kier alpha value is -4.80. The molecule has 10 nitrogen and oxygen atoms in total. The first-order valence-corrected chi connectivity index (χ1v) is 16.9. The molecule has 0 radical (unpaired) electrons. The maximum atomic E-state index is 14.7. The van der Waals surface area contributed by atoms with Crippen LogP contribution in [0.25, 0.3) is 10.8 Å². The molecule has 49 heavy (non-hydrogen) atoms. The van der Waals surface area contributed by atoms with Gasteiger partial charge in [0.2, 0.25) is 11.8 Å². The first-order chi connectivity index (χ1) is 23.7. The van der Waals surface area contributed by atoms with E-state index in [0.29, 0.717) is 30.5 Å². The fourth-order valence-corrected chi connectivity index (χ4v) is 7.93. The summed E-state index contributed by atoms with van der Waals surface area (Å²) in [6.07, 6.45) is 3.44. The molecule has 2 bridgehead atoms. The van der Waals surface area contributed by atoms with Crippen LogP contribution in [0.5, 0.6) is 0 Å². The van der Waals surface area contributed by atoms with Gasteiger partial charge in [0.05, 0.1) is 30.6 Å². The number of aliphatic hydroxyl groups excluding tert-OH is 1. The van der Waals surface area contributed by atoms with Crippen molar-refractivity contribution in [1.82, 2.24) is 10.2 Å². The van der Waals surface area contributed by atoms with Crippen LogP contribution in [0, 0.1) is 11.8 Å². The standard InChI is InChI=1S/C39H43N3O7/c1-4-6-16-31(44)40-25(3)34(27-13-8-7-9-14-27)48-38(47)32-30-19-20-39(49-30)33(32)36(45)42(22-23-43)35(39)37(46)41(21-5-2)29-18-17-26-12-10-11-15-28(26)24-29/h4-5,7-15,17-18,24-25,30,32-35,43H,1-2,6,16,19-23H2,3H3,(H,40,44)/t25-,30-,32+,33+,34-,35-,39+/m1/s1. The Morgan fingerprint density at radius 3 is 2.53 bits per heavy atom. The average Bonchev–Trinajstić information content (AvgIpc) is 3.76. The molecule has 3 aliphatic rings. The van der Waals surface area contributed by atoms with Gasteiger partial charge < -0.3 is 29.7 Å². The van der Waals surface area contributed by atoms with E-state index in [1.807, 2.05) is 72.8 Å². The van der Waals surface area contributed by atoms with Gasteiger partial charge in [-0.2, -0.15) is 0 Å². The number of amides is 3. The molecule has 6 rings (SSSR count). The van der Waals surface area contributed by atoms with Crippen LogP contribution in [0.2, 0.25) is 0 Å². The summed E-state index contributed by atoms with van der Waals surface area (Å²) in [7, 11) is 0. The van der Waals surface area contributed by atoms with Gasteiger partial charge in [0.15, 0.2) is 0 Å². The second-order valence-electron chi connectivity index (χ2n) is 13.0. The molecule has 1 spiro atoms. The second-order valence-corrected chi connectivity index (χ2v) is 13.0. The number of carbonyl (C=O) groups is 4. The van der Waals surface area contributed by atoms with Gasteiger partial charge in [-0.3, -0.25) is 19.2 Å². The van der Waals surface area contributed by atoms with Gasteiger partial charge in [-0.1, -0.05) is 72.8 Å². The molecule has 10 heteroatoms. The number of benzene rings is 3. The quantitative estimate of drug-likeness (QED) is 0.192. The number of hydrogen-bond acceptors (Lipinski definition) is 7. The third kappa shape index (κ3) is 6.26. The molecule has 256 valence electrons. The largest absolute Gasteiger partial charge is 0.455 e. The van der Waals surface area contributed by atoms with E-state index >= 15 is 0 Å². The number of fused-ring (bicyclic) bond motifs is 2. The predicted octanol–water partition coefficient (Wildman–Crippen LogP) is 4.48. The smallest absolute Gasteiger partial charge is 0.313 e. The first kappa shape index (κ1) is 34.1. The molecule has 3 amide bonds. The van der Waals surface area contributed by atoms with E-state index in [0.717, 1.165) is 10.8 Å². The number of esters is 1. The number of hydrogen-bond donors (Lipinski definition) is 2. The van der Waals surface area contributed by atoms with Gasteiger partial charge in [0.25, 0.3) is 5.91 Å². The molecule has 0 unspecified atom stereocenters. The molecule has 3 aromatic rings. The lowest BCUT2D eigenvalue weighted by Gasteiger charge is -2.36. The zero-order valence-electron chi connectivity index (χ0n) is 27.7. The molecule has 3 saturated heterocycles. The maximum Gasteiger partial charge on any atom is 0.313 e. The summed E-state index contributed by atoms with van der Waals surface area (Å²) in [4.78, 5) is 58.8. The Labute approximate surface area is 286 Å². The van der Waals surface area contributed by atoms with Gasteiger partial charge in [0, 0.05) is 25.2 Å². The van der Waals surface area contributed by atoms with Crippen molar-refractivity contribution in [3.8, 4) is 0 Å². The Morgan fingerprint density at radius 2 is 1.82 bits per heavy atom. The van der Waals surface area contributed by atoms with E-state index in [9.17, 15) is 24.3 Å². The topological polar surface area (TPSA) is 125 Å². The molecule has 0 aromatic heterocycles.